The number of benzene rings is 1. The van der Waals surface area contributed by atoms with E-state index in [4.69, 9.17) is 16.3 Å². The van der Waals surface area contributed by atoms with Crippen LogP contribution in [0.5, 0.6) is 5.88 Å². The van der Waals surface area contributed by atoms with E-state index in [0.717, 1.165) is 43.0 Å². The summed E-state index contributed by atoms with van der Waals surface area (Å²) in [7, 11) is 0. The first-order valence-corrected chi connectivity index (χ1v) is 11.8. The molecule has 0 spiro atoms. The molecule has 2 aromatic heterocycles. The van der Waals surface area contributed by atoms with Gasteiger partial charge in [-0.3, -0.25) is 4.57 Å². The SMILES string of the molecule is C[S+]([O-])Cc1nnc([C@H]2CC[C@H](Oc3ccccn3)CC2)n1-c1ccc(Cl)cc1. The molecule has 6 nitrogen and oxygen atoms in total. The third-order valence-corrected chi connectivity index (χ3v) is 6.05. The summed E-state index contributed by atoms with van der Waals surface area (Å²) in [5, 5.41) is 9.53. The Hall–Kier alpha value is -2.09. The van der Waals surface area contributed by atoms with Crippen LogP contribution in [0.2, 0.25) is 5.02 Å². The van der Waals surface area contributed by atoms with Gasteiger partial charge in [0.25, 0.3) is 0 Å². The molecular formula is C21H23ClN4O2S. The van der Waals surface area contributed by atoms with Crippen molar-refractivity contribution in [3.8, 4) is 11.6 Å². The van der Waals surface area contributed by atoms with Crippen LogP contribution in [0.4, 0.5) is 0 Å². The Balaban J connectivity index is 1.52. The van der Waals surface area contributed by atoms with Crippen LogP contribution in [0.3, 0.4) is 0 Å². The summed E-state index contributed by atoms with van der Waals surface area (Å²) in [5.41, 5.74) is 0.946. The van der Waals surface area contributed by atoms with Crippen LogP contribution < -0.4 is 4.74 Å². The molecule has 4 rings (SSSR count). The zero-order valence-corrected chi connectivity index (χ0v) is 17.8. The maximum Gasteiger partial charge on any atom is 0.213 e. The molecule has 1 saturated carbocycles. The molecule has 0 saturated heterocycles. The number of halogens is 1. The van der Waals surface area contributed by atoms with E-state index in [9.17, 15) is 4.55 Å². The van der Waals surface area contributed by atoms with Crippen molar-refractivity contribution in [3.63, 3.8) is 0 Å². The van der Waals surface area contributed by atoms with Crippen molar-refractivity contribution < 1.29 is 9.29 Å². The minimum Gasteiger partial charge on any atom is -0.616 e. The maximum absolute atomic E-state index is 11.8. The second-order valence-corrected chi connectivity index (χ2v) is 9.13. The monoisotopic (exact) mass is 430 g/mol. The van der Waals surface area contributed by atoms with Crippen LogP contribution in [0.15, 0.2) is 48.7 Å². The third kappa shape index (κ3) is 4.91. The smallest absolute Gasteiger partial charge is 0.213 e. The summed E-state index contributed by atoms with van der Waals surface area (Å²) in [6, 6.07) is 13.3. The molecular weight excluding hydrogens is 408 g/mol. The highest BCUT2D eigenvalue weighted by Crippen LogP contribution is 2.35. The Morgan fingerprint density at radius 2 is 1.86 bits per heavy atom. The van der Waals surface area contributed by atoms with E-state index in [1.54, 1.807) is 12.5 Å². The normalized spacial score (nSPS) is 20.4. The maximum atomic E-state index is 11.8. The average molecular weight is 431 g/mol. The van der Waals surface area contributed by atoms with Gasteiger partial charge in [-0.15, -0.1) is 10.2 Å². The van der Waals surface area contributed by atoms with Crippen LogP contribution in [0, 0.1) is 0 Å². The van der Waals surface area contributed by atoms with Crippen molar-refractivity contribution in [3.05, 3.63) is 65.3 Å². The van der Waals surface area contributed by atoms with E-state index >= 15 is 0 Å². The van der Waals surface area contributed by atoms with Crippen molar-refractivity contribution >= 4 is 22.8 Å². The summed E-state index contributed by atoms with van der Waals surface area (Å²) >= 11 is 5.06. The fraction of sp³-hybridized carbons (Fsp3) is 0.381. The molecule has 1 fully saturated rings. The predicted octanol–water partition coefficient (Wildman–Crippen LogP) is 4.30. The van der Waals surface area contributed by atoms with Crippen molar-refractivity contribution in [1.82, 2.24) is 19.7 Å². The predicted molar refractivity (Wildman–Crippen MR) is 114 cm³/mol. The van der Waals surface area contributed by atoms with E-state index in [1.807, 2.05) is 47.0 Å². The standard InChI is InChI=1S/C21H23ClN4O2S/c1-29(27)14-19-24-25-21(26(19)17-9-7-16(22)8-10-17)15-5-11-18(12-6-15)28-20-4-2-3-13-23-20/h2-4,7-10,13,15,18H,5-6,11-12,14H2,1H3/t15-,18-,29?. The first kappa shape index (κ1) is 20.2. The average Bonchev–Trinajstić information content (AvgIpc) is 3.13. The molecule has 0 bridgehead atoms. The molecule has 29 heavy (non-hydrogen) atoms. The van der Waals surface area contributed by atoms with Gasteiger partial charge in [0.05, 0.1) is 6.26 Å². The number of rotatable bonds is 6. The number of nitrogens with zero attached hydrogens (tertiary/aromatic N) is 4. The largest absolute Gasteiger partial charge is 0.616 e. The van der Waals surface area contributed by atoms with Gasteiger partial charge >= 0.3 is 0 Å². The lowest BCUT2D eigenvalue weighted by atomic mass is 9.86. The van der Waals surface area contributed by atoms with Crippen LogP contribution in [0.25, 0.3) is 5.69 Å². The quantitative estimate of drug-likeness (QED) is 0.545. The minimum absolute atomic E-state index is 0.163. The molecule has 3 aromatic rings. The van der Waals surface area contributed by atoms with Crippen molar-refractivity contribution in [2.45, 2.75) is 43.5 Å². The van der Waals surface area contributed by atoms with E-state index in [-0.39, 0.29) is 12.0 Å². The highest BCUT2D eigenvalue weighted by Gasteiger charge is 2.29. The van der Waals surface area contributed by atoms with Gasteiger partial charge in [0.1, 0.15) is 11.9 Å². The topological polar surface area (TPSA) is 75.9 Å². The van der Waals surface area contributed by atoms with Gasteiger partial charge in [-0.25, -0.2) is 4.98 Å². The Bertz CT molecular complexity index is 926. The highest BCUT2D eigenvalue weighted by atomic mass is 35.5. The minimum atomic E-state index is -1.00. The fourth-order valence-electron chi connectivity index (χ4n) is 3.77. The molecule has 1 atom stereocenters. The van der Waals surface area contributed by atoms with E-state index in [1.165, 1.54) is 0 Å². The van der Waals surface area contributed by atoms with Crippen LogP contribution in [0.1, 0.15) is 43.3 Å². The van der Waals surface area contributed by atoms with Crippen molar-refractivity contribution in [2.24, 2.45) is 0 Å². The van der Waals surface area contributed by atoms with Crippen LogP contribution >= 0.6 is 11.6 Å². The van der Waals surface area contributed by atoms with Gasteiger partial charge in [0.15, 0.2) is 11.6 Å². The molecule has 0 amide bonds. The Morgan fingerprint density at radius 1 is 1.10 bits per heavy atom. The number of hydrogen-bond acceptors (Lipinski definition) is 5. The lowest BCUT2D eigenvalue weighted by molar-refractivity contribution is 0.139. The van der Waals surface area contributed by atoms with Gasteiger partial charge in [-0.1, -0.05) is 17.7 Å². The van der Waals surface area contributed by atoms with Crippen molar-refractivity contribution in [1.29, 1.82) is 0 Å². The number of hydrogen-bond donors (Lipinski definition) is 0. The van der Waals surface area contributed by atoms with E-state index in [0.29, 0.717) is 16.7 Å². The number of pyridine rings is 1. The lowest BCUT2D eigenvalue weighted by Gasteiger charge is -2.28. The zero-order chi connectivity index (χ0) is 20.2. The Morgan fingerprint density at radius 3 is 2.52 bits per heavy atom. The van der Waals surface area contributed by atoms with E-state index < -0.39 is 11.2 Å². The van der Waals surface area contributed by atoms with Crippen molar-refractivity contribution in [2.75, 3.05) is 6.26 Å². The molecule has 0 radical (unpaired) electrons. The molecule has 0 N–H and O–H groups in total. The lowest BCUT2D eigenvalue weighted by Crippen LogP contribution is -2.25. The molecule has 1 unspecified atom stereocenters. The molecule has 0 aliphatic heterocycles. The first-order chi connectivity index (χ1) is 14.1. The second-order valence-electron chi connectivity index (χ2n) is 7.26. The van der Waals surface area contributed by atoms with Gasteiger partial charge in [-0.05, 0) is 67.2 Å². The van der Waals surface area contributed by atoms with Gasteiger partial charge in [0, 0.05) is 28.9 Å². The fourth-order valence-corrected chi connectivity index (χ4v) is 4.44. The Kier molecular flexibility index (Phi) is 6.37. The van der Waals surface area contributed by atoms with Gasteiger partial charge in [-0.2, -0.15) is 0 Å². The molecule has 1 aromatic carbocycles. The molecule has 1 aliphatic carbocycles. The zero-order valence-electron chi connectivity index (χ0n) is 16.2. The molecule has 152 valence electrons. The first-order valence-electron chi connectivity index (χ1n) is 9.68. The second kappa shape index (κ2) is 9.15. The van der Waals surface area contributed by atoms with Crippen LogP contribution in [-0.4, -0.2) is 36.7 Å². The molecule has 2 heterocycles. The number of aromatic nitrogens is 4. The number of ether oxygens (including phenoxy) is 1. The highest BCUT2D eigenvalue weighted by molar-refractivity contribution is 7.89. The van der Waals surface area contributed by atoms with Crippen LogP contribution in [-0.2, 0) is 16.9 Å². The Labute approximate surface area is 178 Å². The summed E-state index contributed by atoms with van der Waals surface area (Å²) in [5.74, 6) is 2.96. The molecule has 8 heteroatoms. The van der Waals surface area contributed by atoms with Gasteiger partial charge in [0.2, 0.25) is 5.88 Å². The molecule has 1 aliphatic rings. The summed E-state index contributed by atoms with van der Waals surface area (Å²) in [6.45, 7) is 0. The third-order valence-electron chi connectivity index (χ3n) is 5.14. The summed E-state index contributed by atoms with van der Waals surface area (Å²) in [4.78, 5) is 4.25. The summed E-state index contributed by atoms with van der Waals surface area (Å²) < 4.78 is 19.9. The van der Waals surface area contributed by atoms with E-state index in [2.05, 4.69) is 15.2 Å². The summed E-state index contributed by atoms with van der Waals surface area (Å²) in [6.07, 6.45) is 7.37. The van der Waals surface area contributed by atoms with Gasteiger partial charge < -0.3 is 9.29 Å².